The van der Waals surface area contributed by atoms with Crippen LogP contribution in [0.15, 0.2) is 60.3 Å². The van der Waals surface area contributed by atoms with Crippen LogP contribution < -0.4 is 5.32 Å². The van der Waals surface area contributed by atoms with Crippen molar-refractivity contribution in [3.8, 4) is 0 Å². The van der Waals surface area contributed by atoms with E-state index in [-0.39, 0.29) is 11.8 Å². The van der Waals surface area contributed by atoms with E-state index in [2.05, 4.69) is 16.4 Å². The van der Waals surface area contributed by atoms with Crippen LogP contribution in [0, 0.1) is 5.92 Å². The van der Waals surface area contributed by atoms with Gasteiger partial charge < -0.3 is 10.2 Å². The van der Waals surface area contributed by atoms with Crippen LogP contribution in [-0.4, -0.2) is 41.3 Å². The first-order chi connectivity index (χ1) is 13.7. The van der Waals surface area contributed by atoms with Crippen LogP contribution in [-0.2, 0) is 4.79 Å². The van der Waals surface area contributed by atoms with Gasteiger partial charge in [-0.05, 0) is 54.3 Å². The van der Waals surface area contributed by atoms with Gasteiger partial charge in [0.2, 0.25) is 5.91 Å². The van der Waals surface area contributed by atoms with Gasteiger partial charge in [-0.15, -0.1) is 11.3 Å². The van der Waals surface area contributed by atoms with Crippen molar-refractivity contribution in [1.29, 1.82) is 0 Å². The average molecular weight is 396 g/mol. The second-order valence-corrected chi connectivity index (χ2v) is 7.73. The molecule has 1 saturated heterocycles. The third-order valence-corrected chi connectivity index (χ3v) is 5.63. The summed E-state index contributed by atoms with van der Waals surface area (Å²) in [7, 11) is 0. The fourth-order valence-electron chi connectivity index (χ4n) is 3.16. The Balaban J connectivity index is 1.31. The van der Waals surface area contributed by atoms with Crippen molar-refractivity contribution in [1.82, 2.24) is 15.2 Å². The van der Waals surface area contributed by atoms with Crippen LogP contribution in [0.5, 0.6) is 0 Å². The molecule has 28 heavy (non-hydrogen) atoms. The number of carbonyl (C=O) groups is 2. The quantitative estimate of drug-likeness (QED) is 0.573. The van der Waals surface area contributed by atoms with E-state index in [1.807, 2.05) is 40.6 Å². The van der Waals surface area contributed by atoms with Crippen molar-refractivity contribution < 1.29 is 9.59 Å². The van der Waals surface area contributed by atoms with Crippen LogP contribution in [0.2, 0.25) is 0 Å². The predicted molar refractivity (Wildman–Crippen MR) is 113 cm³/mol. The topological polar surface area (TPSA) is 62.3 Å². The lowest BCUT2D eigenvalue weighted by molar-refractivity contribution is -0.116. The Bertz CT molecular complexity index is 808. The number of amides is 2. The summed E-state index contributed by atoms with van der Waals surface area (Å²) in [4.78, 5) is 30.9. The molecule has 146 valence electrons. The number of rotatable bonds is 7. The summed E-state index contributed by atoms with van der Waals surface area (Å²) in [5.41, 5.74) is 0.900. The number of pyridine rings is 1. The van der Waals surface area contributed by atoms with Crippen LogP contribution in [0.3, 0.4) is 0 Å². The molecule has 0 spiro atoms. The molecule has 0 saturated carbocycles. The van der Waals surface area contributed by atoms with Gasteiger partial charge in [0.25, 0.3) is 5.91 Å². The fraction of sp³-hybridized carbons (Fsp3) is 0.318. The highest BCUT2D eigenvalue weighted by Gasteiger charge is 2.23. The molecule has 0 unspecified atom stereocenters. The molecule has 2 amide bonds. The molecule has 3 heterocycles. The Morgan fingerprint density at radius 1 is 1.21 bits per heavy atom. The maximum Gasteiger partial charge on any atom is 0.263 e. The smallest absolute Gasteiger partial charge is 0.263 e. The third kappa shape index (κ3) is 6.16. The highest BCUT2D eigenvalue weighted by molar-refractivity contribution is 7.12. The van der Waals surface area contributed by atoms with Crippen molar-refractivity contribution in [2.45, 2.75) is 19.3 Å². The SMILES string of the molecule is O=C(/C=C/c1cccnc1)NC/C=C/CC1CCN(C(=O)c2cccs2)CC1. The molecule has 0 aromatic carbocycles. The van der Waals surface area contributed by atoms with Crippen molar-refractivity contribution in [2.75, 3.05) is 19.6 Å². The van der Waals surface area contributed by atoms with Gasteiger partial charge >= 0.3 is 0 Å². The van der Waals surface area contributed by atoms with E-state index in [1.54, 1.807) is 18.5 Å². The summed E-state index contributed by atoms with van der Waals surface area (Å²) >= 11 is 1.50. The minimum Gasteiger partial charge on any atom is -0.349 e. The number of likely N-dealkylation sites (tertiary alicyclic amines) is 1. The van der Waals surface area contributed by atoms with Crippen LogP contribution >= 0.6 is 11.3 Å². The number of aromatic nitrogens is 1. The predicted octanol–water partition coefficient (Wildman–Crippen LogP) is 3.77. The number of hydrogen-bond donors (Lipinski definition) is 1. The van der Waals surface area contributed by atoms with Crippen LogP contribution in [0.4, 0.5) is 0 Å². The first-order valence-corrected chi connectivity index (χ1v) is 10.4. The molecule has 1 aliphatic heterocycles. The van der Waals surface area contributed by atoms with Crippen molar-refractivity contribution >= 4 is 29.2 Å². The second-order valence-electron chi connectivity index (χ2n) is 6.78. The van der Waals surface area contributed by atoms with Gasteiger partial charge in [-0.25, -0.2) is 0 Å². The molecule has 0 aliphatic carbocycles. The monoisotopic (exact) mass is 395 g/mol. The van der Waals surface area contributed by atoms with Gasteiger partial charge in [0.05, 0.1) is 4.88 Å². The second kappa shape index (κ2) is 10.6. The van der Waals surface area contributed by atoms with E-state index in [4.69, 9.17) is 0 Å². The van der Waals surface area contributed by atoms with Crippen molar-refractivity contribution in [2.24, 2.45) is 5.92 Å². The number of nitrogens with zero attached hydrogens (tertiary/aromatic N) is 2. The molecule has 2 aromatic heterocycles. The number of piperidine rings is 1. The molecule has 3 rings (SSSR count). The highest BCUT2D eigenvalue weighted by Crippen LogP contribution is 2.23. The van der Waals surface area contributed by atoms with Gasteiger partial charge in [0, 0.05) is 38.1 Å². The zero-order chi connectivity index (χ0) is 19.6. The minimum absolute atomic E-state index is 0.117. The van der Waals surface area contributed by atoms with Crippen LogP contribution in [0.25, 0.3) is 6.08 Å². The number of carbonyl (C=O) groups excluding carboxylic acids is 2. The first-order valence-electron chi connectivity index (χ1n) is 9.56. The Labute approximate surface area is 169 Å². The third-order valence-electron chi connectivity index (χ3n) is 4.78. The van der Waals surface area contributed by atoms with E-state index in [0.717, 1.165) is 42.8 Å². The first kappa shape index (κ1) is 20.0. The number of allylic oxidation sites excluding steroid dienone is 1. The molecular formula is C22H25N3O2S. The largest absolute Gasteiger partial charge is 0.349 e. The van der Waals surface area contributed by atoms with Gasteiger partial charge in [-0.1, -0.05) is 24.3 Å². The van der Waals surface area contributed by atoms with Crippen molar-refractivity contribution in [3.63, 3.8) is 0 Å². The molecule has 2 aromatic rings. The molecule has 1 fully saturated rings. The van der Waals surface area contributed by atoms with Crippen LogP contribution in [0.1, 0.15) is 34.5 Å². The van der Waals surface area contributed by atoms with Gasteiger partial charge in [-0.2, -0.15) is 0 Å². The molecule has 5 nitrogen and oxygen atoms in total. The lowest BCUT2D eigenvalue weighted by Crippen LogP contribution is -2.38. The zero-order valence-electron chi connectivity index (χ0n) is 15.8. The standard InChI is InChI=1S/C22H25N3O2S/c26-21(9-8-19-6-3-12-23-17-19)24-13-2-1-5-18-10-14-25(15-11-18)22(27)20-7-4-16-28-20/h1-4,6-9,12,16-18H,5,10-11,13-15H2,(H,24,26)/b2-1+,9-8+. The summed E-state index contributed by atoms with van der Waals surface area (Å²) in [6.45, 7) is 2.17. The summed E-state index contributed by atoms with van der Waals surface area (Å²) in [6.07, 6.45) is 13.9. The van der Waals surface area contributed by atoms with E-state index in [0.29, 0.717) is 12.5 Å². The fourth-order valence-corrected chi connectivity index (χ4v) is 3.86. The van der Waals surface area contributed by atoms with E-state index >= 15 is 0 Å². The molecule has 0 radical (unpaired) electrons. The molecular weight excluding hydrogens is 370 g/mol. The zero-order valence-corrected chi connectivity index (χ0v) is 16.6. The minimum atomic E-state index is -0.117. The average Bonchev–Trinajstić information content (AvgIpc) is 3.28. The number of nitrogens with one attached hydrogen (secondary N) is 1. The summed E-state index contributed by atoms with van der Waals surface area (Å²) < 4.78 is 0. The van der Waals surface area contributed by atoms with Gasteiger partial charge in [-0.3, -0.25) is 14.6 Å². The molecule has 1 N–H and O–H groups in total. The number of hydrogen-bond acceptors (Lipinski definition) is 4. The Kier molecular flexibility index (Phi) is 7.55. The summed E-state index contributed by atoms with van der Waals surface area (Å²) in [6, 6.07) is 7.55. The summed E-state index contributed by atoms with van der Waals surface area (Å²) in [5, 5.41) is 4.79. The lowest BCUT2D eigenvalue weighted by Gasteiger charge is -2.31. The maximum absolute atomic E-state index is 12.3. The highest BCUT2D eigenvalue weighted by atomic mass is 32.1. The van der Waals surface area contributed by atoms with E-state index < -0.39 is 0 Å². The Morgan fingerprint density at radius 2 is 2.07 bits per heavy atom. The van der Waals surface area contributed by atoms with E-state index in [9.17, 15) is 9.59 Å². The Hall–Kier alpha value is -2.73. The van der Waals surface area contributed by atoms with Crippen molar-refractivity contribution in [3.05, 3.63) is 70.7 Å². The Morgan fingerprint density at radius 3 is 2.79 bits per heavy atom. The molecule has 1 aliphatic rings. The molecule has 0 bridgehead atoms. The van der Waals surface area contributed by atoms with E-state index in [1.165, 1.54) is 17.4 Å². The molecule has 6 heteroatoms. The normalized spacial score (nSPS) is 15.4. The summed E-state index contributed by atoms with van der Waals surface area (Å²) in [5.74, 6) is 0.643. The van der Waals surface area contributed by atoms with Gasteiger partial charge in [0.15, 0.2) is 0 Å². The van der Waals surface area contributed by atoms with Gasteiger partial charge in [0.1, 0.15) is 0 Å². The number of thiophene rings is 1. The lowest BCUT2D eigenvalue weighted by atomic mass is 9.93. The molecule has 0 atom stereocenters. The maximum atomic E-state index is 12.3.